The van der Waals surface area contributed by atoms with Crippen molar-refractivity contribution in [2.75, 3.05) is 6.26 Å². The third kappa shape index (κ3) is 1.98. The molecule has 2 heteroatoms. The van der Waals surface area contributed by atoms with Gasteiger partial charge in [-0.05, 0) is 28.7 Å². The van der Waals surface area contributed by atoms with Crippen LogP contribution >= 0.6 is 11.8 Å². The highest BCUT2D eigenvalue weighted by molar-refractivity contribution is 7.98. The molecule has 0 heterocycles. The summed E-state index contributed by atoms with van der Waals surface area (Å²) >= 11 is 1.75. The minimum Gasteiger partial charge on any atom is -0.303 e. The Bertz CT molecular complexity index is 519. The zero-order valence-electron chi connectivity index (χ0n) is 9.44. The average molecular weight is 230 g/mol. The van der Waals surface area contributed by atoms with Crippen molar-refractivity contribution in [2.24, 2.45) is 0 Å². The van der Waals surface area contributed by atoms with Gasteiger partial charge in [0.25, 0.3) is 0 Å². The number of thioether (sulfide) groups is 1. The molecule has 0 aliphatic heterocycles. The van der Waals surface area contributed by atoms with E-state index in [-0.39, 0.29) is 5.92 Å². The largest absolute Gasteiger partial charge is 0.303 e. The van der Waals surface area contributed by atoms with E-state index in [1.54, 1.807) is 11.8 Å². The normalized spacial score (nSPS) is 12.6. The van der Waals surface area contributed by atoms with Gasteiger partial charge in [0.2, 0.25) is 0 Å². The molecule has 1 unspecified atom stereocenters. The maximum atomic E-state index is 10.8. The number of fused-ring (bicyclic) bond motifs is 1. The van der Waals surface area contributed by atoms with Gasteiger partial charge in [0.15, 0.2) is 0 Å². The second-order valence-electron chi connectivity index (χ2n) is 3.87. The van der Waals surface area contributed by atoms with E-state index >= 15 is 0 Å². The average Bonchev–Trinajstić information content (AvgIpc) is 2.36. The van der Waals surface area contributed by atoms with Crippen LogP contribution in [-0.2, 0) is 4.79 Å². The van der Waals surface area contributed by atoms with Gasteiger partial charge in [-0.3, -0.25) is 0 Å². The molecule has 0 amide bonds. The first-order valence-corrected chi connectivity index (χ1v) is 6.50. The number of benzene rings is 2. The summed E-state index contributed by atoms with van der Waals surface area (Å²) in [5.74, 6) is -0.0256. The molecular formula is C14H14OS. The van der Waals surface area contributed by atoms with E-state index in [1.807, 2.05) is 13.0 Å². The van der Waals surface area contributed by atoms with Crippen LogP contribution in [0.2, 0.25) is 0 Å². The lowest BCUT2D eigenvalue weighted by atomic mass is 9.99. The Morgan fingerprint density at radius 1 is 1.25 bits per heavy atom. The van der Waals surface area contributed by atoms with Crippen molar-refractivity contribution in [3.05, 3.63) is 42.0 Å². The van der Waals surface area contributed by atoms with Crippen molar-refractivity contribution in [1.82, 2.24) is 0 Å². The monoisotopic (exact) mass is 230 g/mol. The number of rotatable bonds is 3. The van der Waals surface area contributed by atoms with Crippen molar-refractivity contribution in [2.45, 2.75) is 17.7 Å². The highest BCUT2D eigenvalue weighted by Crippen LogP contribution is 2.28. The molecule has 0 aliphatic carbocycles. The predicted molar refractivity (Wildman–Crippen MR) is 70.2 cm³/mol. The Morgan fingerprint density at radius 3 is 2.75 bits per heavy atom. The second kappa shape index (κ2) is 4.71. The van der Waals surface area contributed by atoms with Crippen LogP contribution in [0.4, 0.5) is 0 Å². The fourth-order valence-corrected chi connectivity index (χ4v) is 2.43. The van der Waals surface area contributed by atoms with Crippen molar-refractivity contribution >= 4 is 28.8 Å². The van der Waals surface area contributed by atoms with Crippen LogP contribution in [0.15, 0.2) is 41.3 Å². The second-order valence-corrected chi connectivity index (χ2v) is 4.71. The predicted octanol–water partition coefficient (Wildman–Crippen LogP) is 3.86. The van der Waals surface area contributed by atoms with Gasteiger partial charge in [-0.2, -0.15) is 0 Å². The van der Waals surface area contributed by atoms with Gasteiger partial charge in [0.1, 0.15) is 6.29 Å². The number of hydrogen-bond donors (Lipinski definition) is 0. The summed E-state index contributed by atoms with van der Waals surface area (Å²) in [6.45, 7) is 1.92. The summed E-state index contributed by atoms with van der Waals surface area (Å²) in [6.07, 6.45) is 3.07. The molecule has 0 aliphatic rings. The maximum Gasteiger partial charge on any atom is 0.127 e. The number of carbonyl (C=O) groups is 1. The van der Waals surface area contributed by atoms with Crippen molar-refractivity contribution < 1.29 is 4.79 Å². The topological polar surface area (TPSA) is 17.1 Å². The molecule has 0 radical (unpaired) electrons. The summed E-state index contributed by atoms with van der Waals surface area (Å²) in [6, 6.07) is 12.5. The van der Waals surface area contributed by atoms with Crippen LogP contribution in [0.1, 0.15) is 18.4 Å². The first kappa shape index (κ1) is 11.2. The Kier molecular flexibility index (Phi) is 3.30. The SMILES string of the molecule is CSc1cccc2cc(C(C)C=O)ccc12. The van der Waals surface area contributed by atoms with Crippen LogP contribution in [0.25, 0.3) is 10.8 Å². The summed E-state index contributed by atoms with van der Waals surface area (Å²) < 4.78 is 0. The van der Waals surface area contributed by atoms with E-state index in [0.29, 0.717) is 0 Å². The van der Waals surface area contributed by atoms with Crippen molar-refractivity contribution in [1.29, 1.82) is 0 Å². The molecule has 0 saturated heterocycles. The van der Waals surface area contributed by atoms with Crippen LogP contribution in [0.3, 0.4) is 0 Å². The lowest BCUT2D eigenvalue weighted by Gasteiger charge is -2.08. The summed E-state index contributed by atoms with van der Waals surface area (Å²) in [5, 5.41) is 2.47. The number of hydrogen-bond acceptors (Lipinski definition) is 2. The highest BCUT2D eigenvalue weighted by atomic mass is 32.2. The Balaban J connectivity index is 2.59. The molecule has 0 fully saturated rings. The fraction of sp³-hybridized carbons (Fsp3) is 0.214. The maximum absolute atomic E-state index is 10.8. The number of carbonyl (C=O) groups excluding carboxylic acids is 1. The third-order valence-electron chi connectivity index (χ3n) is 2.81. The first-order chi connectivity index (χ1) is 7.76. The fourth-order valence-electron chi connectivity index (χ4n) is 1.81. The van der Waals surface area contributed by atoms with Gasteiger partial charge < -0.3 is 4.79 Å². The molecule has 0 spiro atoms. The van der Waals surface area contributed by atoms with Gasteiger partial charge in [-0.15, -0.1) is 11.8 Å². The first-order valence-electron chi connectivity index (χ1n) is 5.28. The van der Waals surface area contributed by atoms with Gasteiger partial charge >= 0.3 is 0 Å². The molecule has 0 bridgehead atoms. The minimum atomic E-state index is -0.0256. The summed E-state index contributed by atoms with van der Waals surface area (Å²) in [7, 11) is 0. The molecule has 0 saturated carbocycles. The smallest absolute Gasteiger partial charge is 0.127 e. The lowest BCUT2D eigenvalue weighted by molar-refractivity contribution is -0.108. The molecule has 0 N–H and O–H groups in total. The van der Waals surface area contributed by atoms with Crippen LogP contribution in [-0.4, -0.2) is 12.5 Å². The molecule has 16 heavy (non-hydrogen) atoms. The van der Waals surface area contributed by atoms with Crippen molar-refractivity contribution in [3.63, 3.8) is 0 Å². The molecule has 0 aromatic heterocycles. The third-order valence-corrected chi connectivity index (χ3v) is 3.61. The standard InChI is InChI=1S/C14H14OS/c1-10(9-15)11-6-7-13-12(8-11)4-3-5-14(13)16-2/h3-10H,1-2H3. The highest BCUT2D eigenvalue weighted by Gasteiger charge is 2.05. The zero-order chi connectivity index (χ0) is 11.5. The van der Waals surface area contributed by atoms with E-state index in [4.69, 9.17) is 0 Å². The van der Waals surface area contributed by atoms with E-state index in [2.05, 4.69) is 36.6 Å². The Morgan fingerprint density at radius 2 is 2.06 bits per heavy atom. The Labute approximate surface area is 99.9 Å². The van der Waals surface area contributed by atoms with Crippen molar-refractivity contribution in [3.8, 4) is 0 Å². The van der Waals surface area contributed by atoms with Gasteiger partial charge in [-0.25, -0.2) is 0 Å². The zero-order valence-corrected chi connectivity index (χ0v) is 10.3. The Hall–Kier alpha value is -1.28. The lowest BCUT2D eigenvalue weighted by Crippen LogP contribution is -1.93. The van der Waals surface area contributed by atoms with Crippen LogP contribution in [0.5, 0.6) is 0 Å². The number of aldehydes is 1. The molecular weight excluding hydrogens is 216 g/mol. The molecule has 1 atom stereocenters. The van der Waals surface area contributed by atoms with E-state index in [1.165, 1.54) is 15.7 Å². The summed E-state index contributed by atoms with van der Waals surface area (Å²) in [5.41, 5.74) is 1.08. The molecule has 82 valence electrons. The van der Waals surface area contributed by atoms with E-state index in [9.17, 15) is 4.79 Å². The van der Waals surface area contributed by atoms with Gasteiger partial charge in [0.05, 0.1) is 0 Å². The molecule has 2 aromatic rings. The van der Waals surface area contributed by atoms with Gasteiger partial charge in [0, 0.05) is 10.8 Å². The van der Waals surface area contributed by atoms with E-state index in [0.717, 1.165) is 11.8 Å². The van der Waals surface area contributed by atoms with Crippen LogP contribution in [0, 0.1) is 0 Å². The summed E-state index contributed by atoms with van der Waals surface area (Å²) in [4.78, 5) is 12.0. The van der Waals surface area contributed by atoms with Crippen LogP contribution < -0.4 is 0 Å². The molecule has 1 nitrogen and oxygen atoms in total. The van der Waals surface area contributed by atoms with E-state index < -0.39 is 0 Å². The molecule has 2 rings (SSSR count). The molecule has 2 aromatic carbocycles. The quantitative estimate of drug-likeness (QED) is 0.588. The minimum absolute atomic E-state index is 0.0256. The van der Waals surface area contributed by atoms with Gasteiger partial charge in [-0.1, -0.05) is 37.3 Å².